The third kappa shape index (κ3) is 3.95. The molecule has 1 fully saturated rings. The number of anilines is 2. The molecule has 8 nitrogen and oxygen atoms in total. The van der Waals surface area contributed by atoms with Crippen LogP contribution in [0, 0.1) is 0 Å². The van der Waals surface area contributed by atoms with Gasteiger partial charge in [0.05, 0.1) is 23.7 Å². The van der Waals surface area contributed by atoms with Crippen LogP contribution in [0.2, 0.25) is 0 Å². The molecule has 156 valence electrons. The number of ether oxygens (including phenoxy) is 1. The van der Waals surface area contributed by atoms with E-state index >= 15 is 0 Å². The molecule has 0 saturated carbocycles. The van der Waals surface area contributed by atoms with Gasteiger partial charge in [0.25, 0.3) is 10.0 Å². The van der Waals surface area contributed by atoms with Gasteiger partial charge in [-0.15, -0.1) is 0 Å². The average Bonchev–Trinajstić information content (AvgIpc) is 2.96. The molecule has 0 spiro atoms. The van der Waals surface area contributed by atoms with E-state index < -0.39 is 26.0 Å². The molecule has 0 unspecified atom stereocenters. The van der Waals surface area contributed by atoms with Crippen molar-refractivity contribution in [3.05, 3.63) is 48.5 Å². The normalized spacial score (nSPS) is 16.1. The fraction of sp³-hybridized carbons (Fsp3) is 0.316. The van der Waals surface area contributed by atoms with Crippen LogP contribution in [0.1, 0.15) is 20.3 Å². The Balaban J connectivity index is 2.17. The van der Waals surface area contributed by atoms with Gasteiger partial charge in [-0.05, 0) is 44.2 Å². The highest BCUT2D eigenvalue weighted by Crippen LogP contribution is 2.35. The van der Waals surface area contributed by atoms with E-state index in [1.54, 1.807) is 44.2 Å². The van der Waals surface area contributed by atoms with Gasteiger partial charge in [0.2, 0.25) is 15.9 Å². The first-order valence-electron chi connectivity index (χ1n) is 9.13. The van der Waals surface area contributed by atoms with Gasteiger partial charge in [-0.3, -0.25) is 9.10 Å². The second kappa shape index (κ2) is 8.03. The first-order valence-corrected chi connectivity index (χ1v) is 12.2. The van der Waals surface area contributed by atoms with Crippen LogP contribution in [0.4, 0.5) is 11.4 Å². The van der Waals surface area contributed by atoms with Gasteiger partial charge < -0.3 is 4.74 Å². The molecule has 2 aromatic carbocycles. The molecule has 0 atom stereocenters. The Labute approximate surface area is 170 Å². The summed E-state index contributed by atoms with van der Waals surface area (Å²) in [5.41, 5.74) is 0.450. The molecule has 1 amide bonds. The Morgan fingerprint density at radius 1 is 1.10 bits per heavy atom. The highest BCUT2D eigenvalue weighted by molar-refractivity contribution is 7.94. The van der Waals surface area contributed by atoms with E-state index in [0.29, 0.717) is 9.99 Å². The average molecular weight is 439 g/mol. The molecule has 1 saturated heterocycles. The van der Waals surface area contributed by atoms with E-state index in [4.69, 9.17) is 4.74 Å². The van der Waals surface area contributed by atoms with Crippen molar-refractivity contribution in [3.63, 3.8) is 0 Å². The zero-order valence-electron chi connectivity index (χ0n) is 16.1. The quantitative estimate of drug-likeness (QED) is 0.658. The third-order valence-corrected chi connectivity index (χ3v) is 8.05. The topological polar surface area (TPSA) is 101 Å². The maximum atomic E-state index is 13.5. The van der Waals surface area contributed by atoms with E-state index in [1.807, 2.05) is 0 Å². The molecule has 2 aromatic rings. The van der Waals surface area contributed by atoms with Crippen LogP contribution in [-0.2, 0) is 24.8 Å². The van der Waals surface area contributed by atoms with Gasteiger partial charge in [0.1, 0.15) is 10.6 Å². The van der Waals surface area contributed by atoms with Crippen LogP contribution < -0.4 is 13.3 Å². The first-order chi connectivity index (χ1) is 13.7. The number of carbonyl (C=O) groups excluding carboxylic acids is 1. The summed E-state index contributed by atoms with van der Waals surface area (Å²) in [4.78, 5) is 11.9. The number of hydrogen-bond donors (Lipinski definition) is 0. The molecule has 1 heterocycles. The molecule has 0 bridgehead atoms. The van der Waals surface area contributed by atoms with Crippen LogP contribution in [0.5, 0.6) is 5.75 Å². The molecular weight excluding hydrogens is 416 g/mol. The summed E-state index contributed by atoms with van der Waals surface area (Å²) < 4.78 is 58.8. The fourth-order valence-electron chi connectivity index (χ4n) is 3.17. The Morgan fingerprint density at radius 2 is 1.79 bits per heavy atom. The van der Waals surface area contributed by atoms with E-state index in [0.717, 1.165) is 0 Å². The molecule has 29 heavy (non-hydrogen) atoms. The number of hydrogen-bond acceptors (Lipinski definition) is 6. The minimum absolute atomic E-state index is 0.0151. The number of rotatable bonds is 7. The maximum absolute atomic E-state index is 13.5. The van der Waals surface area contributed by atoms with Crippen molar-refractivity contribution in [2.75, 3.05) is 27.5 Å². The van der Waals surface area contributed by atoms with E-state index in [9.17, 15) is 21.6 Å². The Morgan fingerprint density at radius 3 is 2.34 bits per heavy atom. The molecule has 0 N–H and O–H groups in total. The highest BCUT2D eigenvalue weighted by Gasteiger charge is 2.38. The lowest BCUT2D eigenvalue weighted by Crippen LogP contribution is -2.32. The number of carbonyl (C=O) groups is 1. The number of benzene rings is 2. The van der Waals surface area contributed by atoms with Crippen molar-refractivity contribution < 1.29 is 26.4 Å². The fourth-order valence-corrected chi connectivity index (χ4v) is 6.25. The maximum Gasteiger partial charge on any atom is 0.268 e. The minimum atomic E-state index is -4.09. The van der Waals surface area contributed by atoms with Gasteiger partial charge in [0.15, 0.2) is 0 Å². The lowest BCUT2D eigenvalue weighted by atomic mass is 10.3. The summed E-state index contributed by atoms with van der Waals surface area (Å²) in [7, 11) is -7.91. The molecule has 0 radical (unpaired) electrons. The number of sulfonamides is 2. The summed E-state index contributed by atoms with van der Waals surface area (Å²) in [5.74, 6) is -0.797. The lowest BCUT2D eigenvalue weighted by Gasteiger charge is -2.25. The van der Waals surface area contributed by atoms with Crippen molar-refractivity contribution in [1.82, 2.24) is 0 Å². The van der Waals surface area contributed by atoms with Crippen LogP contribution in [0.25, 0.3) is 0 Å². The SMILES string of the molecule is CCOc1ccc(N2C(=O)CCS2(=O)=O)cc1S(=O)(=O)N(CC)c1ccccc1. The molecular formula is C19H22N2O6S2. The molecule has 1 aliphatic rings. The largest absolute Gasteiger partial charge is 0.492 e. The monoisotopic (exact) mass is 438 g/mol. The standard InChI is InChI=1S/C19H22N2O6S2/c1-3-20(15-8-6-5-7-9-15)29(25,26)18-14-16(10-11-17(18)27-4-2)21-19(22)12-13-28(21,23)24/h5-11,14H,3-4,12-13H2,1-2H3. The molecule has 0 aliphatic carbocycles. The van der Waals surface area contributed by atoms with Crippen LogP contribution in [0.15, 0.2) is 53.4 Å². The van der Waals surface area contributed by atoms with Gasteiger partial charge in [-0.1, -0.05) is 18.2 Å². The van der Waals surface area contributed by atoms with Crippen molar-refractivity contribution in [1.29, 1.82) is 0 Å². The summed E-state index contributed by atoms with van der Waals surface area (Å²) in [6.45, 7) is 3.79. The van der Waals surface area contributed by atoms with Crippen LogP contribution in [-0.4, -0.2) is 41.6 Å². The summed E-state index contributed by atoms with van der Waals surface area (Å²) in [6.07, 6.45) is -0.136. The van der Waals surface area contributed by atoms with Crippen molar-refractivity contribution >= 4 is 37.3 Å². The zero-order valence-corrected chi connectivity index (χ0v) is 17.7. The molecule has 3 rings (SSSR count). The van der Waals surface area contributed by atoms with E-state index in [-0.39, 0.29) is 41.7 Å². The second-order valence-corrected chi connectivity index (χ2v) is 10.1. The second-order valence-electron chi connectivity index (χ2n) is 6.29. The smallest absolute Gasteiger partial charge is 0.268 e. The predicted octanol–water partition coefficient (Wildman–Crippen LogP) is 2.37. The van der Waals surface area contributed by atoms with Gasteiger partial charge in [-0.25, -0.2) is 21.1 Å². The number of amides is 1. The minimum Gasteiger partial charge on any atom is -0.492 e. The van der Waals surface area contributed by atoms with Crippen LogP contribution in [0.3, 0.4) is 0 Å². The number of para-hydroxylation sites is 1. The highest BCUT2D eigenvalue weighted by atomic mass is 32.2. The van der Waals surface area contributed by atoms with E-state index in [1.165, 1.54) is 22.5 Å². The number of nitrogens with zero attached hydrogens (tertiary/aromatic N) is 2. The third-order valence-electron chi connectivity index (χ3n) is 4.44. The zero-order chi connectivity index (χ0) is 21.2. The molecule has 1 aliphatic heterocycles. The lowest BCUT2D eigenvalue weighted by molar-refractivity contribution is -0.116. The Bertz CT molecular complexity index is 1110. The Kier molecular flexibility index (Phi) is 5.85. The van der Waals surface area contributed by atoms with Gasteiger partial charge in [0, 0.05) is 13.0 Å². The van der Waals surface area contributed by atoms with Crippen molar-refractivity contribution in [2.45, 2.75) is 25.2 Å². The molecule has 0 aromatic heterocycles. The Hall–Kier alpha value is -2.59. The predicted molar refractivity (Wildman–Crippen MR) is 110 cm³/mol. The summed E-state index contributed by atoms with van der Waals surface area (Å²) in [6, 6.07) is 12.5. The molecule has 10 heteroatoms. The van der Waals surface area contributed by atoms with Gasteiger partial charge >= 0.3 is 0 Å². The first kappa shape index (κ1) is 21.1. The van der Waals surface area contributed by atoms with Crippen molar-refractivity contribution in [3.8, 4) is 5.75 Å². The summed E-state index contributed by atoms with van der Waals surface area (Å²) in [5, 5.41) is 0. The van der Waals surface area contributed by atoms with Crippen LogP contribution >= 0.6 is 0 Å². The van der Waals surface area contributed by atoms with E-state index in [2.05, 4.69) is 0 Å². The van der Waals surface area contributed by atoms with Gasteiger partial charge in [-0.2, -0.15) is 0 Å². The summed E-state index contributed by atoms with van der Waals surface area (Å²) >= 11 is 0. The van der Waals surface area contributed by atoms with Crippen molar-refractivity contribution in [2.24, 2.45) is 0 Å².